The third kappa shape index (κ3) is 4.14. The second-order valence-corrected chi connectivity index (χ2v) is 5.52. The smallest absolute Gasteiger partial charge is 0.404 e. The molecule has 1 aromatic carbocycles. The van der Waals surface area contributed by atoms with Crippen molar-refractivity contribution in [1.82, 2.24) is 15.3 Å². The molecule has 7 heteroatoms. The number of nitrogens with zero attached hydrogens (tertiary/aromatic N) is 2. The number of aromatic nitrogens is 2. The zero-order valence-electron chi connectivity index (χ0n) is 13.7. The summed E-state index contributed by atoms with van der Waals surface area (Å²) in [6.07, 6.45) is 2.40. The molecule has 7 nitrogen and oxygen atoms in total. The first-order valence-corrected chi connectivity index (χ1v) is 7.80. The van der Waals surface area contributed by atoms with Crippen LogP contribution in [0.5, 0.6) is 0 Å². The summed E-state index contributed by atoms with van der Waals surface area (Å²) in [7, 11) is 0. The van der Waals surface area contributed by atoms with Crippen LogP contribution in [0.3, 0.4) is 0 Å². The lowest BCUT2D eigenvalue weighted by Gasteiger charge is -2.06. The molecule has 0 aliphatic carbocycles. The Hall–Kier alpha value is -3.35. The van der Waals surface area contributed by atoms with Gasteiger partial charge in [-0.15, -0.1) is 0 Å². The van der Waals surface area contributed by atoms with Gasteiger partial charge >= 0.3 is 6.09 Å². The predicted molar refractivity (Wildman–Crippen MR) is 94.9 cm³/mol. The molecule has 1 amide bonds. The van der Waals surface area contributed by atoms with E-state index in [1.165, 1.54) is 0 Å². The molecule has 25 heavy (non-hydrogen) atoms. The molecular weight excluding hydrogens is 320 g/mol. The molecule has 0 bridgehead atoms. The number of hydrogen-bond donors (Lipinski definition) is 3. The molecule has 2 heterocycles. The van der Waals surface area contributed by atoms with Crippen LogP contribution < -0.4 is 5.32 Å². The molecule has 0 unspecified atom stereocenters. The van der Waals surface area contributed by atoms with Crippen LogP contribution in [0, 0.1) is 6.92 Å². The molecule has 3 rings (SSSR count). The number of amides is 1. The van der Waals surface area contributed by atoms with Gasteiger partial charge in [0.05, 0.1) is 24.0 Å². The van der Waals surface area contributed by atoms with Crippen molar-refractivity contribution in [2.24, 2.45) is 5.16 Å². The van der Waals surface area contributed by atoms with E-state index in [1.807, 2.05) is 43.3 Å². The largest absolute Gasteiger partial charge is 0.465 e. The average Bonchev–Trinajstić information content (AvgIpc) is 3.02. The monoisotopic (exact) mass is 338 g/mol. The number of aromatic amines is 1. The van der Waals surface area contributed by atoms with Crippen LogP contribution >= 0.6 is 0 Å². The standard InChI is InChI=1S/C18H18N4O3/c1-12-2-4-13(5-3-12)17(22-25-9-8-20-18(23)24)15-10-14-6-7-19-11-16(14)21-15/h2-7,10-11,20-21H,8-9H2,1H3,(H,23,24)/b22-17+. The van der Waals surface area contributed by atoms with E-state index in [-0.39, 0.29) is 13.2 Å². The van der Waals surface area contributed by atoms with Crippen molar-refractivity contribution in [3.63, 3.8) is 0 Å². The number of benzene rings is 1. The molecule has 3 N–H and O–H groups in total. The number of oxime groups is 1. The summed E-state index contributed by atoms with van der Waals surface area (Å²) in [5.41, 5.74) is 4.40. The maximum Gasteiger partial charge on any atom is 0.404 e. The lowest BCUT2D eigenvalue weighted by molar-refractivity contribution is 0.141. The van der Waals surface area contributed by atoms with Crippen molar-refractivity contribution in [1.29, 1.82) is 0 Å². The normalized spacial score (nSPS) is 11.5. The van der Waals surface area contributed by atoms with Gasteiger partial charge in [0.1, 0.15) is 12.3 Å². The lowest BCUT2D eigenvalue weighted by atomic mass is 10.1. The number of pyridine rings is 1. The van der Waals surface area contributed by atoms with Crippen molar-refractivity contribution in [2.75, 3.05) is 13.2 Å². The quantitative estimate of drug-likeness (QED) is 0.365. The predicted octanol–water partition coefficient (Wildman–Crippen LogP) is 2.91. The Balaban J connectivity index is 1.88. The second-order valence-electron chi connectivity index (χ2n) is 5.52. The number of rotatable bonds is 6. The van der Waals surface area contributed by atoms with Gasteiger partial charge in [-0.05, 0) is 19.1 Å². The van der Waals surface area contributed by atoms with Gasteiger partial charge in [-0.25, -0.2) is 4.79 Å². The highest BCUT2D eigenvalue weighted by Gasteiger charge is 2.11. The molecule has 0 spiro atoms. The zero-order chi connectivity index (χ0) is 17.6. The van der Waals surface area contributed by atoms with E-state index >= 15 is 0 Å². The lowest BCUT2D eigenvalue weighted by Crippen LogP contribution is -2.24. The van der Waals surface area contributed by atoms with Crippen LogP contribution in [0.4, 0.5) is 4.79 Å². The molecule has 0 atom stereocenters. The van der Waals surface area contributed by atoms with E-state index in [0.717, 1.165) is 27.7 Å². The number of nitrogens with one attached hydrogen (secondary N) is 2. The number of H-pyrrole nitrogens is 1. The summed E-state index contributed by atoms with van der Waals surface area (Å²) in [5.74, 6) is 0. The summed E-state index contributed by atoms with van der Waals surface area (Å²) in [6.45, 7) is 2.32. The fourth-order valence-electron chi connectivity index (χ4n) is 2.38. The second kappa shape index (κ2) is 7.48. The van der Waals surface area contributed by atoms with Crippen LogP contribution in [0.25, 0.3) is 10.9 Å². The highest BCUT2D eigenvalue weighted by Crippen LogP contribution is 2.18. The molecule has 0 fully saturated rings. The number of fused-ring (bicyclic) bond motifs is 1. The minimum Gasteiger partial charge on any atom is -0.465 e. The van der Waals surface area contributed by atoms with Crippen molar-refractivity contribution < 1.29 is 14.7 Å². The van der Waals surface area contributed by atoms with Crippen LogP contribution in [0.2, 0.25) is 0 Å². The maximum absolute atomic E-state index is 10.5. The van der Waals surface area contributed by atoms with Crippen LogP contribution in [-0.4, -0.2) is 40.0 Å². The molecule has 0 aliphatic heterocycles. The highest BCUT2D eigenvalue weighted by molar-refractivity contribution is 6.13. The van der Waals surface area contributed by atoms with Crippen molar-refractivity contribution >= 4 is 22.7 Å². The summed E-state index contributed by atoms with van der Waals surface area (Å²) in [5, 5.41) is 16.0. The Morgan fingerprint density at radius 3 is 2.84 bits per heavy atom. The van der Waals surface area contributed by atoms with Crippen molar-refractivity contribution in [3.8, 4) is 0 Å². The Kier molecular flexibility index (Phi) is 4.94. The Bertz CT molecular complexity index is 867. The fourth-order valence-corrected chi connectivity index (χ4v) is 2.38. The molecule has 0 saturated carbocycles. The third-order valence-corrected chi connectivity index (χ3v) is 3.63. The minimum atomic E-state index is -1.09. The van der Waals surface area contributed by atoms with E-state index in [0.29, 0.717) is 5.71 Å². The fraction of sp³-hybridized carbons (Fsp3) is 0.167. The zero-order valence-corrected chi connectivity index (χ0v) is 13.7. The summed E-state index contributed by atoms with van der Waals surface area (Å²) < 4.78 is 0. The summed E-state index contributed by atoms with van der Waals surface area (Å²) in [4.78, 5) is 23.2. The van der Waals surface area contributed by atoms with Gasteiger partial charge in [-0.2, -0.15) is 0 Å². The maximum atomic E-state index is 10.5. The van der Waals surface area contributed by atoms with Gasteiger partial charge in [0.15, 0.2) is 0 Å². The first-order valence-electron chi connectivity index (χ1n) is 7.80. The summed E-state index contributed by atoms with van der Waals surface area (Å²) >= 11 is 0. The van der Waals surface area contributed by atoms with E-state index in [2.05, 4.69) is 20.4 Å². The highest BCUT2D eigenvalue weighted by atomic mass is 16.6. The van der Waals surface area contributed by atoms with Gasteiger partial charge in [0, 0.05) is 17.1 Å². The first-order chi connectivity index (χ1) is 12.1. The van der Waals surface area contributed by atoms with Crippen LogP contribution in [0.15, 0.2) is 53.9 Å². The van der Waals surface area contributed by atoms with Crippen molar-refractivity contribution in [3.05, 3.63) is 65.6 Å². The molecule has 0 saturated heterocycles. The van der Waals surface area contributed by atoms with Gasteiger partial charge in [-0.1, -0.05) is 35.0 Å². The molecular formula is C18H18N4O3. The number of carbonyl (C=O) groups is 1. The first kappa shape index (κ1) is 16.5. The average molecular weight is 338 g/mol. The molecule has 3 aromatic rings. The Labute approximate surface area is 144 Å². The minimum absolute atomic E-state index is 0.142. The van der Waals surface area contributed by atoms with Gasteiger partial charge in [0.2, 0.25) is 0 Å². The topological polar surface area (TPSA) is 99.6 Å². The number of hydrogen-bond acceptors (Lipinski definition) is 4. The van der Waals surface area contributed by atoms with E-state index < -0.39 is 6.09 Å². The Morgan fingerprint density at radius 1 is 1.32 bits per heavy atom. The third-order valence-electron chi connectivity index (χ3n) is 3.63. The van der Waals surface area contributed by atoms with E-state index in [4.69, 9.17) is 9.94 Å². The van der Waals surface area contributed by atoms with E-state index in [1.54, 1.807) is 12.4 Å². The van der Waals surface area contributed by atoms with Crippen LogP contribution in [0.1, 0.15) is 16.8 Å². The summed E-state index contributed by atoms with van der Waals surface area (Å²) in [6, 6.07) is 11.8. The molecule has 2 aromatic heterocycles. The van der Waals surface area contributed by atoms with E-state index in [9.17, 15) is 4.79 Å². The van der Waals surface area contributed by atoms with Gasteiger partial charge in [-0.3, -0.25) is 4.98 Å². The van der Waals surface area contributed by atoms with Crippen LogP contribution in [-0.2, 0) is 4.84 Å². The number of aryl methyl sites for hydroxylation is 1. The van der Waals surface area contributed by atoms with Gasteiger partial charge < -0.3 is 20.2 Å². The molecule has 0 aliphatic rings. The Morgan fingerprint density at radius 2 is 2.12 bits per heavy atom. The molecule has 0 radical (unpaired) electrons. The number of carboxylic acid groups (broad SMARTS) is 1. The van der Waals surface area contributed by atoms with Crippen molar-refractivity contribution in [2.45, 2.75) is 6.92 Å². The van der Waals surface area contributed by atoms with Gasteiger partial charge in [0.25, 0.3) is 0 Å². The molecule has 128 valence electrons. The SMILES string of the molecule is Cc1ccc(/C(=N\OCCNC(=O)O)c2cc3ccncc3[nH]2)cc1.